The standard InChI is InChI=1S/C20H27N3O3/c1-22-12-10-17(11-13-22)23(14-9-16-5-3-2-4-6-16)20(25)8-7-18-15-19(24)21-26-18/h2-6,15,17H,7-14H2,1H3,(H,21,24). The highest BCUT2D eigenvalue weighted by atomic mass is 16.5. The highest BCUT2D eigenvalue weighted by Crippen LogP contribution is 2.18. The number of hydrogen-bond donors (Lipinski definition) is 1. The molecule has 1 aliphatic heterocycles. The van der Waals surface area contributed by atoms with Crippen LogP contribution in [0.25, 0.3) is 0 Å². The fourth-order valence-electron chi connectivity index (χ4n) is 3.53. The summed E-state index contributed by atoms with van der Waals surface area (Å²) in [5.74, 6) is 0.675. The molecule has 1 amide bonds. The van der Waals surface area contributed by atoms with Crippen LogP contribution in [0.3, 0.4) is 0 Å². The number of aromatic amines is 1. The average molecular weight is 357 g/mol. The van der Waals surface area contributed by atoms with Gasteiger partial charge >= 0.3 is 0 Å². The number of aryl methyl sites for hydroxylation is 1. The molecular weight excluding hydrogens is 330 g/mol. The Kier molecular flexibility index (Phi) is 6.28. The van der Waals surface area contributed by atoms with Gasteiger partial charge in [-0.15, -0.1) is 0 Å². The molecule has 6 nitrogen and oxygen atoms in total. The summed E-state index contributed by atoms with van der Waals surface area (Å²) in [7, 11) is 2.13. The van der Waals surface area contributed by atoms with Crippen LogP contribution in [0.1, 0.15) is 30.6 Å². The van der Waals surface area contributed by atoms with Gasteiger partial charge in [0, 0.05) is 31.5 Å². The summed E-state index contributed by atoms with van der Waals surface area (Å²) in [5, 5.41) is 2.28. The molecule has 0 aliphatic carbocycles. The normalized spacial score (nSPS) is 15.9. The topological polar surface area (TPSA) is 69.6 Å². The van der Waals surface area contributed by atoms with E-state index in [-0.39, 0.29) is 11.5 Å². The Labute approximate surface area is 153 Å². The zero-order chi connectivity index (χ0) is 18.4. The number of carbonyl (C=O) groups is 1. The first kappa shape index (κ1) is 18.5. The van der Waals surface area contributed by atoms with E-state index in [2.05, 4.69) is 29.2 Å². The van der Waals surface area contributed by atoms with Gasteiger partial charge in [-0.05, 0) is 45.0 Å². The van der Waals surface area contributed by atoms with Gasteiger partial charge in [0.2, 0.25) is 5.91 Å². The van der Waals surface area contributed by atoms with Crippen LogP contribution in [-0.4, -0.2) is 53.6 Å². The van der Waals surface area contributed by atoms with Crippen LogP contribution in [0, 0.1) is 0 Å². The Balaban J connectivity index is 1.62. The smallest absolute Gasteiger partial charge is 0.280 e. The van der Waals surface area contributed by atoms with Gasteiger partial charge < -0.3 is 14.3 Å². The minimum Gasteiger partial charge on any atom is -0.384 e. The van der Waals surface area contributed by atoms with E-state index in [1.54, 1.807) is 0 Å². The molecule has 2 heterocycles. The lowest BCUT2D eigenvalue weighted by molar-refractivity contribution is -0.134. The largest absolute Gasteiger partial charge is 0.384 e. The minimum absolute atomic E-state index is 0.138. The Morgan fingerprint density at radius 1 is 1.23 bits per heavy atom. The Morgan fingerprint density at radius 3 is 2.62 bits per heavy atom. The molecule has 1 aliphatic rings. The Morgan fingerprint density at radius 2 is 1.96 bits per heavy atom. The van der Waals surface area contributed by atoms with Gasteiger partial charge in [0.25, 0.3) is 5.56 Å². The molecular formula is C20H27N3O3. The summed E-state index contributed by atoms with van der Waals surface area (Å²) in [5.41, 5.74) is 0.985. The van der Waals surface area contributed by atoms with E-state index in [0.717, 1.165) is 38.9 Å². The number of likely N-dealkylation sites (tertiary alicyclic amines) is 1. The maximum Gasteiger partial charge on any atom is 0.280 e. The fraction of sp³-hybridized carbons (Fsp3) is 0.500. The van der Waals surface area contributed by atoms with Crippen molar-refractivity contribution in [3.05, 3.63) is 58.1 Å². The van der Waals surface area contributed by atoms with Crippen LogP contribution in [0.4, 0.5) is 0 Å². The maximum absolute atomic E-state index is 12.9. The molecule has 1 aromatic carbocycles. The van der Waals surface area contributed by atoms with Gasteiger partial charge in [-0.1, -0.05) is 30.3 Å². The van der Waals surface area contributed by atoms with Crippen LogP contribution in [0.2, 0.25) is 0 Å². The number of benzene rings is 1. The van der Waals surface area contributed by atoms with Crippen LogP contribution in [-0.2, 0) is 17.6 Å². The molecule has 140 valence electrons. The van der Waals surface area contributed by atoms with E-state index in [4.69, 9.17) is 4.52 Å². The van der Waals surface area contributed by atoms with E-state index in [1.165, 1.54) is 11.6 Å². The number of H-pyrrole nitrogens is 1. The summed E-state index contributed by atoms with van der Waals surface area (Å²) in [6.45, 7) is 2.77. The molecule has 1 aromatic heterocycles. The number of rotatable bonds is 7. The second-order valence-corrected chi connectivity index (χ2v) is 7.04. The molecule has 6 heteroatoms. The molecule has 1 saturated heterocycles. The van der Waals surface area contributed by atoms with Gasteiger partial charge in [0.1, 0.15) is 5.76 Å². The first-order valence-corrected chi connectivity index (χ1v) is 9.31. The molecule has 0 spiro atoms. The monoisotopic (exact) mass is 357 g/mol. The van der Waals surface area contributed by atoms with E-state index in [1.807, 2.05) is 23.1 Å². The number of nitrogens with one attached hydrogen (secondary N) is 1. The van der Waals surface area contributed by atoms with Crippen molar-refractivity contribution >= 4 is 5.91 Å². The predicted molar refractivity (Wildman–Crippen MR) is 100 cm³/mol. The maximum atomic E-state index is 12.9. The molecule has 1 fully saturated rings. The summed E-state index contributed by atoms with van der Waals surface area (Å²) < 4.78 is 5.07. The molecule has 2 aromatic rings. The number of nitrogens with zero attached hydrogens (tertiary/aromatic N) is 2. The van der Waals surface area contributed by atoms with Crippen molar-refractivity contribution in [2.45, 2.75) is 38.1 Å². The molecule has 0 atom stereocenters. The van der Waals surface area contributed by atoms with Gasteiger partial charge in [0.15, 0.2) is 0 Å². The van der Waals surface area contributed by atoms with Crippen LogP contribution in [0.15, 0.2) is 45.7 Å². The van der Waals surface area contributed by atoms with Crippen molar-refractivity contribution in [2.24, 2.45) is 0 Å². The van der Waals surface area contributed by atoms with Crippen LogP contribution in [0.5, 0.6) is 0 Å². The molecule has 0 radical (unpaired) electrons. The van der Waals surface area contributed by atoms with Crippen molar-refractivity contribution in [1.29, 1.82) is 0 Å². The molecule has 3 rings (SSSR count). The number of aromatic nitrogens is 1. The summed E-state index contributed by atoms with van der Waals surface area (Å²) in [6.07, 6.45) is 3.69. The summed E-state index contributed by atoms with van der Waals surface area (Å²) >= 11 is 0. The first-order valence-electron chi connectivity index (χ1n) is 9.31. The Hall–Kier alpha value is -2.34. The lowest BCUT2D eigenvalue weighted by Gasteiger charge is -2.37. The van der Waals surface area contributed by atoms with Crippen LogP contribution >= 0.6 is 0 Å². The SMILES string of the molecule is CN1CCC(N(CCc2ccccc2)C(=O)CCc2cc(=O)[nH]o2)CC1. The molecule has 1 N–H and O–H groups in total. The van der Waals surface area contributed by atoms with Crippen molar-refractivity contribution in [3.63, 3.8) is 0 Å². The number of hydrogen-bond acceptors (Lipinski definition) is 4. The van der Waals surface area contributed by atoms with Crippen molar-refractivity contribution in [2.75, 3.05) is 26.7 Å². The van der Waals surface area contributed by atoms with Gasteiger partial charge in [-0.25, -0.2) is 0 Å². The molecule has 0 bridgehead atoms. The van der Waals surface area contributed by atoms with E-state index < -0.39 is 0 Å². The number of carbonyl (C=O) groups excluding carboxylic acids is 1. The van der Waals surface area contributed by atoms with Gasteiger partial charge in [0.05, 0.1) is 0 Å². The highest BCUT2D eigenvalue weighted by molar-refractivity contribution is 5.76. The lowest BCUT2D eigenvalue weighted by atomic mass is 10.0. The van der Waals surface area contributed by atoms with E-state index in [0.29, 0.717) is 24.6 Å². The van der Waals surface area contributed by atoms with Crippen molar-refractivity contribution < 1.29 is 9.32 Å². The third-order valence-corrected chi connectivity index (χ3v) is 5.09. The number of amides is 1. The molecule has 0 saturated carbocycles. The second-order valence-electron chi connectivity index (χ2n) is 7.04. The lowest BCUT2D eigenvalue weighted by Crippen LogP contribution is -2.47. The van der Waals surface area contributed by atoms with Gasteiger partial charge in [-0.3, -0.25) is 9.59 Å². The van der Waals surface area contributed by atoms with Crippen molar-refractivity contribution in [1.82, 2.24) is 15.0 Å². The zero-order valence-corrected chi connectivity index (χ0v) is 15.3. The molecule has 26 heavy (non-hydrogen) atoms. The second kappa shape index (κ2) is 8.85. The average Bonchev–Trinajstić information content (AvgIpc) is 3.08. The summed E-state index contributed by atoms with van der Waals surface area (Å²) in [4.78, 5) is 28.4. The van der Waals surface area contributed by atoms with Gasteiger partial charge in [-0.2, -0.15) is 5.16 Å². The highest BCUT2D eigenvalue weighted by Gasteiger charge is 2.26. The Bertz CT molecular complexity index is 745. The predicted octanol–water partition coefficient (Wildman–Crippen LogP) is 2.07. The zero-order valence-electron chi connectivity index (χ0n) is 15.3. The fourth-order valence-corrected chi connectivity index (χ4v) is 3.53. The minimum atomic E-state index is -0.260. The number of piperidine rings is 1. The van der Waals surface area contributed by atoms with Crippen molar-refractivity contribution in [3.8, 4) is 0 Å². The summed E-state index contributed by atoms with van der Waals surface area (Å²) in [6, 6.07) is 12.0. The van der Waals surface area contributed by atoms with E-state index in [9.17, 15) is 9.59 Å². The first-order chi connectivity index (χ1) is 12.6. The third kappa shape index (κ3) is 5.08. The molecule has 0 unspecified atom stereocenters. The quantitative estimate of drug-likeness (QED) is 0.824. The van der Waals surface area contributed by atoms with Crippen LogP contribution < -0.4 is 5.56 Å². The third-order valence-electron chi connectivity index (χ3n) is 5.09. The van der Waals surface area contributed by atoms with E-state index >= 15 is 0 Å².